The van der Waals surface area contributed by atoms with Gasteiger partial charge in [-0.2, -0.15) is 13.2 Å². The van der Waals surface area contributed by atoms with Crippen molar-refractivity contribution in [2.45, 2.75) is 62.0 Å². The first-order chi connectivity index (χ1) is 24.4. The Hall–Kier alpha value is -5.45. The average molecular weight is 746 g/mol. The maximum absolute atomic E-state index is 15.6. The van der Waals surface area contributed by atoms with Gasteiger partial charge in [0.15, 0.2) is 9.84 Å². The van der Waals surface area contributed by atoms with Crippen LogP contribution >= 0.6 is 0 Å². The first-order valence-corrected chi connectivity index (χ1v) is 17.5. The number of amides is 2. The Bertz CT molecular complexity index is 2150. The minimum absolute atomic E-state index is 0.00435. The number of aromatic nitrogens is 1. The summed E-state index contributed by atoms with van der Waals surface area (Å²) in [5.41, 5.74) is 6.55. The lowest BCUT2D eigenvalue weighted by molar-refractivity contribution is -0.200. The molecule has 2 heterocycles. The van der Waals surface area contributed by atoms with Crippen LogP contribution in [-0.2, 0) is 29.0 Å². The second-order valence-corrected chi connectivity index (χ2v) is 14.9. The fraction of sp³-hybridized carbons (Fsp3) is 0.314. The summed E-state index contributed by atoms with van der Waals surface area (Å²) in [6.45, 7) is 4.65. The van der Waals surface area contributed by atoms with Crippen molar-refractivity contribution in [3.05, 3.63) is 89.4 Å². The van der Waals surface area contributed by atoms with Crippen LogP contribution in [0.15, 0.2) is 71.8 Å². The number of nitrogens with two attached hydrogens (primary N) is 1. The lowest BCUT2D eigenvalue weighted by Gasteiger charge is -2.32. The normalized spacial score (nSPS) is 15.4. The zero-order valence-corrected chi connectivity index (χ0v) is 29.2. The van der Waals surface area contributed by atoms with Gasteiger partial charge in [-0.3, -0.25) is 4.79 Å². The summed E-state index contributed by atoms with van der Waals surface area (Å²) in [5, 5.41) is 3.44. The molecular formula is C35H35F4N5O7S. The van der Waals surface area contributed by atoms with Gasteiger partial charge in [0.1, 0.15) is 17.7 Å². The molecule has 3 aromatic carbocycles. The van der Waals surface area contributed by atoms with Crippen molar-refractivity contribution in [1.29, 1.82) is 0 Å². The third-order valence-corrected chi connectivity index (χ3v) is 10.8. The summed E-state index contributed by atoms with van der Waals surface area (Å²) in [4.78, 5) is 48.5. The van der Waals surface area contributed by atoms with E-state index < -0.39 is 62.8 Å². The van der Waals surface area contributed by atoms with E-state index in [-0.39, 0.29) is 39.9 Å². The number of sulfone groups is 1. The molecule has 1 aromatic heterocycles. The summed E-state index contributed by atoms with van der Waals surface area (Å²) in [6.07, 6.45) is -4.96. The molecule has 2 atom stereocenters. The van der Waals surface area contributed by atoms with E-state index in [4.69, 9.17) is 5.73 Å². The number of anilines is 3. The van der Waals surface area contributed by atoms with Gasteiger partial charge in [0.25, 0.3) is 0 Å². The minimum atomic E-state index is -5.49. The van der Waals surface area contributed by atoms with Crippen molar-refractivity contribution in [2.75, 3.05) is 29.8 Å². The number of carbonyl (C=O) groups excluding carboxylic acids is 3. The highest BCUT2D eigenvalue weighted by Crippen LogP contribution is 2.41. The van der Waals surface area contributed by atoms with Crippen molar-refractivity contribution in [2.24, 2.45) is 0 Å². The lowest BCUT2D eigenvalue weighted by Crippen LogP contribution is -2.39. The second-order valence-electron chi connectivity index (χ2n) is 12.4. The number of nitrogens with one attached hydrogen (secondary N) is 1. The van der Waals surface area contributed by atoms with Crippen LogP contribution in [0.1, 0.15) is 55.5 Å². The van der Waals surface area contributed by atoms with Crippen molar-refractivity contribution < 1.29 is 49.9 Å². The molecule has 5 rings (SSSR count). The molecular weight excluding hydrogens is 710 g/mol. The Morgan fingerprint density at radius 3 is 2.46 bits per heavy atom. The summed E-state index contributed by atoms with van der Waals surface area (Å²) in [5.74, 6) is -3.79. The van der Waals surface area contributed by atoms with Gasteiger partial charge < -0.3 is 25.5 Å². The summed E-state index contributed by atoms with van der Waals surface area (Å²) in [7, 11) is -3.28. The van der Waals surface area contributed by atoms with Crippen LogP contribution in [-0.4, -0.2) is 61.4 Å². The molecule has 1 fully saturated rings. The summed E-state index contributed by atoms with van der Waals surface area (Å²) < 4.78 is 86.9. The van der Waals surface area contributed by atoms with Crippen LogP contribution in [0.5, 0.6) is 0 Å². The van der Waals surface area contributed by atoms with Gasteiger partial charge in [-0.1, -0.05) is 17.7 Å². The molecule has 0 saturated carbocycles. The topological polar surface area (TPSA) is 161 Å². The number of alkyl halides is 3. The van der Waals surface area contributed by atoms with Crippen molar-refractivity contribution in [3.8, 4) is 0 Å². The summed E-state index contributed by atoms with van der Waals surface area (Å²) >= 11 is 0. The van der Waals surface area contributed by atoms with Crippen LogP contribution in [0, 0.1) is 12.7 Å². The first-order valence-electron chi connectivity index (χ1n) is 16.0. The fourth-order valence-corrected chi connectivity index (χ4v) is 7.27. The molecule has 2 amide bonds. The number of aryl methyl sites for hydroxylation is 1. The maximum atomic E-state index is 15.6. The third kappa shape index (κ3) is 7.58. The van der Waals surface area contributed by atoms with E-state index in [1.54, 1.807) is 31.2 Å². The Balaban J connectivity index is 1.63. The number of fused-ring (bicyclic) bond motifs is 1. The van der Waals surface area contributed by atoms with Crippen LogP contribution in [0.3, 0.4) is 0 Å². The number of methoxy groups -OCH3 is 1. The minimum Gasteiger partial charge on any atom is -0.450 e. The van der Waals surface area contributed by atoms with E-state index in [0.717, 1.165) is 25.3 Å². The number of hydrogen-bond donors (Lipinski definition) is 2. The molecule has 12 nitrogen and oxygen atoms in total. The van der Waals surface area contributed by atoms with E-state index in [1.807, 2.05) is 0 Å². The second kappa shape index (κ2) is 14.7. The molecule has 17 heteroatoms. The number of halogens is 4. The monoisotopic (exact) mass is 745 g/mol. The number of hydrogen-bond acceptors (Lipinski definition) is 10. The van der Waals surface area contributed by atoms with E-state index >= 15 is 4.39 Å². The van der Waals surface area contributed by atoms with Gasteiger partial charge in [0.05, 0.1) is 29.0 Å². The molecule has 1 aliphatic heterocycles. The molecule has 0 spiro atoms. The molecule has 1 aliphatic rings. The molecule has 3 N–H and O–H groups in total. The molecule has 52 heavy (non-hydrogen) atoms. The largest absolute Gasteiger partial charge is 0.493 e. The molecule has 0 bridgehead atoms. The molecule has 0 radical (unpaired) electrons. The third-order valence-electron chi connectivity index (χ3n) is 8.61. The molecule has 0 unspecified atom stereocenters. The zero-order chi connectivity index (χ0) is 38.1. The van der Waals surface area contributed by atoms with Gasteiger partial charge in [0, 0.05) is 29.4 Å². The highest BCUT2D eigenvalue weighted by atomic mass is 32.2. The van der Waals surface area contributed by atoms with E-state index in [0.29, 0.717) is 28.4 Å². The van der Waals surface area contributed by atoms with E-state index in [2.05, 4.69) is 19.9 Å². The summed E-state index contributed by atoms with van der Waals surface area (Å²) in [6, 6.07) is 11.8. The molecule has 0 aliphatic carbocycles. The van der Waals surface area contributed by atoms with Crippen LogP contribution in [0.2, 0.25) is 0 Å². The molecule has 1 saturated heterocycles. The van der Waals surface area contributed by atoms with Gasteiger partial charge >= 0.3 is 18.2 Å². The predicted octanol–water partition coefficient (Wildman–Crippen LogP) is 6.56. The Morgan fingerprint density at radius 2 is 1.79 bits per heavy atom. The maximum Gasteiger partial charge on any atom is 0.493 e. The highest BCUT2D eigenvalue weighted by Gasteiger charge is 2.45. The Labute approximate surface area is 296 Å². The first kappa shape index (κ1) is 37.8. The molecule has 4 aromatic rings. The van der Waals surface area contributed by atoms with Crippen LogP contribution < -0.4 is 16.1 Å². The number of likely N-dealkylation sites (tertiary alicyclic amines) is 1. The molecule has 276 valence electrons. The van der Waals surface area contributed by atoms with Crippen LogP contribution in [0.25, 0.3) is 10.8 Å². The highest BCUT2D eigenvalue weighted by molar-refractivity contribution is 7.92. The lowest BCUT2D eigenvalue weighted by atomic mass is 9.99. The zero-order valence-electron chi connectivity index (χ0n) is 28.4. The number of ether oxygens (including phenoxy) is 1. The van der Waals surface area contributed by atoms with Crippen molar-refractivity contribution in [1.82, 2.24) is 9.88 Å². The quantitative estimate of drug-likeness (QED) is 0.149. The van der Waals surface area contributed by atoms with Crippen LogP contribution in [0.4, 0.5) is 39.5 Å². The number of nitrogen functional groups attached to an aromatic ring is 1. The number of hydroxylamine groups is 1. The van der Waals surface area contributed by atoms with Gasteiger partial charge in [-0.15, -0.1) is 5.06 Å². The Morgan fingerprint density at radius 1 is 1.06 bits per heavy atom. The number of pyridine rings is 1. The average Bonchev–Trinajstić information content (AvgIpc) is 3.59. The number of carbonyl (C=O) groups is 3. The number of rotatable bonds is 8. The predicted molar refractivity (Wildman–Crippen MR) is 183 cm³/mol. The van der Waals surface area contributed by atoms with Crippen molar-refractivity contribution >= 4 is 55.8 Å². The van der Waals surface area contributed by atoms with Crippen molar-refractivity contribution in [3.63, 3.8) is 0 Å². The standard InChI is InChI=1S/C35H35F4N5O7S/c1-19(2)52(48,49)29-12-9-23(44(34(47)50-4)51-33(46)35(37,38)39)18-26(29)28-6-5-15-43(28)32(45)30(25-16-20(3)7-11-27(25)36)42-22-8-10-24-21(17-22)13-14-41-31(24)40/h7-14,16-19,28,30,42H,5-6,15H2,1-4H3,(H2,40,41)/t28-,30-/m1/s1. The Kier molecular flexibility index (Phi) is 10.6. The SMILES string of the molecule is COC(=O)N(OC(=O)C(F)(F)F)c1ccc(S(=O)(=O)C(C)C)c([C@H]2CCCN2C(=O)[C@H](Nc2ccc3c(N)nccc3c2)c2cc(C)ccc2F)c1. The van der Waals surface area contributed by atoms with Gasteiger partial charge in [0.2, 0.25) is 5.91 Å². The van der Waals surface area contributed by atoms with E-state index in [1.165, 1.54) is 43.1 Å². The van der Waals surface area contributed by atoms with E-state index in [9.17, 15) is 36.0 Å². The van der Waals surface area contributed by atoms with Gasteiger partial charge in [-0.05, 0) is 93.1 Å². The fourth-order valence-electron chi connectivity index (χ4n) is 5.98. The number of benzene rings is 3. The van der Waals surface area contributed by atoms with Gasteiger partial charge in [-0.25, -0.2) is 27.4 Å². The smallest absolute Gasteiger partial charge is 0.450 e. The number of nitrogens with zero attached hydrogens (tertiary/aromatic N) is 3.